The minimum absolute atomic E-state index is 0.120. The average Bonchev–Trinajstić information content (AvgIpc) is 2.23. The first-order valence-electron chi connectivity index (χ1n) is 5.40. The van der Waals surface area contributed by atoms with Gasteiger partial charge in [0.2, 0.25) is 0 Å². The second kappa shape index (κ2) is 5.06. The van der Waals surface area contributed by atoms with Crippen LogP contribution in [0, 0.1) is 5.82 Å². The Balaban J connectivity index is 2.14. The van der Waals surface area contributed by atoms with E-state index in [4.69, 9.17) is 0 Å². The molecule has 1 aromatic rings. The highest BCUT2D eigenvalue weighted by molar-refractivity contribution is 9.10. The number of benzene rings is 1. The molecule has 0 radical (unpaired) electrons. The first kappa shape index (κ1) is 13.0. The molecule has 17 heavy (non-hydrogen) atoms. The Labute approximate surface area is 116 Å². The van der Waals surface area contributed by atoms with Gasteiger partial charge in [0.05, 0.1) is 11.1 Å². The summed E-state index contributed by atoms with van der Waals surface area (Å²) in [6.45, 7) is 0. The summed E-state index contributed by atoms with van der Waals surface area (Å²) < 4.78 is 13.4. The smallest absolute Gasteiger partial charge is 0.252 e. The predicted octanol–water partition coefficient (Wildman–Crippen LogP) is 3.64. The zero-order chi connectivity index (χ0) is 12.5. The van der Waals surface area contributed by atoms with E-state index in [0.29, 0.717) is 10.0 Å². The maximum Gasteiger partial charge on any atom is 0.252 e. The topological polar surface area (TPSA) is 29.1 Å². The van der Waals surface area contributed by atoms with Crippen LogP contribution in [0.15, 0.2) is 22.7 Å². The predicted molar refractivity (Wildman–Crippen MR) is 71.9 cm³/mol. The van der Waals surface area contributed by atoms with Gasteiger partial charge in [-0.2, -0.15) is 0 Å². The molecule has 1 saturated carbocycles. The normalized spacial score (nSPS) is 17.4. The van der Waals surface area contributed by atoms with Crippen LogP contribution in [0.1, 0.15) is 29.6 Å². The summed E-state index contributed by atoms with van der Waals surface area (Å²) in [6.07, 6.45) is 3.11. The number of hydrogen-bond donors (Lipinski definition) is 1. The van der Waals surface area contributed by atoms with Gasteiger partial charge in [-0.3, -0.25) is 4.79 Å². The molecule has 0 atom stereocenters. The van der Waals surface area contributed by atoms with Gasteiger partial charge in [0.1, 0.15) is 5.82 Å². The molecule has 92 valence electrons. The Morgan fingerprint density at radius 1 is 1.47 bits per heavy atom. The van der Waals surface area contributed by atoms with E-state index in [1.807, 2.05) is 0 Å². The van der Waals surface area contributed by atoms with Crippen LogP contribution < -0.4 is 5.32 Å². The second-order valence-corrected chi connectivity index (χ2v) is 5.76. The van der Waals surface area contributed by atoms with E-state index in [9.17, 15) is 9.18 Å². The molecule has 0 heterocycles. The lowest BCUT2D eigenvalue weighted by atomic mass is 9.78. The third-order valence-corrected chi connectivity index (χ3v) is 4.85. The monoisotopic (exact) mass is 363 g/mol. The molecular weight excluding hydrogens is 353 g/mol. The van der Waals surface area contributed by atoms with Gasteiger partial charge in [-0.15, -0.1) is 0 Å². The van der Waals surface area contributed by atoms with E-state index in [1.165, 1.54) is 18.2 Å². The molecule has 1 aromatic carbocycles. The summed E-state index contributed by atoms with van der Waals surface area (Å²) in [5, 5.41) is 3.77. The van der Waals surface area contributed by atoms with Crippen molar-refractivity contribution in [2.45, 2.75) is 24.8 Å². The molecular formula is C12H12Br2FNO. The fourth-order valence-corrected chi connectivity index (χ4v) is 3.11. The van der Waals surface area contributed by atoms with Gasteiger partial charge in [-0.1, -0.05) is 15.9 Å². The number of rotatable bonds is 3. The molecule has 1 aliphatic carbocycles. The van der Waals surface area contributed by atoms with Gasteiger partial charge in [0.25, 0.3) is 5.91 Å². The molecule has 2 rings (SSSR count). The molecule has 1 aliphatic rings. The highest BCUT2D eigenvalue weighted by Crippen LogP contribution is 2.34. The molecule has 1 fully saturated rings. The molecule has 0 bridgehead atoms. The first-order chi connectivity index (χ1) is 8.06. The largest absolute Gasteiger partial charge is 0.346 e. The molecule has 2 nitrogen and oxygen atoms in total. The maximum absolute atomic E-state index is 12.9. The van der Waals surface area contributed by atoms with E-state index in [0.717, 1.165) is 24.6 Å². The van der Waals surface area contributed by atoms with Crippen LogP contribution in [0.3, 0.4) is 0 Å². The van der Waals surface area contributed by atoms with Crippen molar-refractivity contribution in [3.8, 4) is 0 Å². The van der Waals surface area contributed by atoms with Crippen LogP contribution in [0.5, 0.6) is 0 Å². The standard InChI is InChI=1S/C12H12Br2FNO/c13-7-12(4-1-5-12)16-11(17)9-3-2-8(15)6-10(9)14/h2-3,6H,1,4-5,7H2,(H,16,17). The van der Waals surface area contributed by atoms with Crippen molar-refractivity contribution in [3.63, 3.8) is 0 Å². The lowest BCUT2D eigenvalue weighted by Crippen LogP contribution is -2.54. The van der Waals surface area contributed by atoms with Gasteiger partial charge < -0.3 is 5.32 Å². The van der Waals surface area contributed by atoms with Gasteiger partial charge in [-0.25, -0.2) is 4.39 Å². The van der Waals surface area contributed by atoms with Gasteiger partial charge in [0, 0.05) is 9.80 Å². The third-order valence-electron chi connectivity index (χ3n) is 3.12. The minimum atomic E-state index is -0.354. The molecule has 0 spiro atoms. The summed E-state index contributed by atoms with van der Waals surface area (Å²) >= 11 is 6.63. The number of nitrogens with one attached hydrogen (secondary N) is 1. The van der Waals surface area contributed by atoms with Crippen LogP contribution in [0.2, 0.25) is 0 Å². The molecule has 5 heteroatoms. The van der Waals surface area contributed by atoms with Crippen LogP contribution in [0.4, 0.5) is 4.39 Å². The molecule has 1 amide bonds. The highest BCUT2D eigenvalue weighted by atomic mass is 79.9. The van der Waals surface area contributed by atoms with Crippen LogP contribution in [-0.2, 0) is 0 Å². The zero-order valence-corrected chi connectivity index (χ0v) is 12.3. The van der Waals surface area contributed by atoms with Crippen molar-refractivity contribution in [2.75, 3.05) is 5.33 Å². The Bertz CT molecular complexity index is 441. The van der Waals surface area contributed by atoms with E-state index >= 15 is 0 Å². The summed E-state index contributed by atoms with van der Waals surface area (Å²) in [5.74, 6) is -0.511. The van der Waals surface area contributed by atoms with E-state index in [1.54, 1.807) is 0 Å². The fourth-order valence-electron chi connectivity index (χ4n) is 1.88. The summed E-state index contributed by atoms with van der Waals surface area (Å²) in [4.78, 5) is 12.1. The van der Waals surface area contributed by atoms with E-state index < -0.39 is 0 Å². The van der Waals surface area contributed by atoms with E-state index in [-0.39, 0.29) is 17.3 Å². The molecule has 0 saturated heterocycles. The number of amides is 1. The van der Waals surface area contributed by atoms with Crippen molar-refractivity contribution in [1.82, 2.24) is 5.32 Å². The Hall–Kier alpha value is -0.420. The van der Waals surface area contributed by atoms with Gasteiger partial charge in [-0.05, 0) is 53.4 Å². The number of carbonyl (C=O) groups excluding carboxylic acids is 1. The van der Waals surface area contributed by atoms with Gasteiger partial charge >= 0.3 is 0 Å². The van der Waals surface area contributed by atoms with Crippen molar-refractivity contribution < 1.29 is 9.18 Å². The molecule has 1 N–H and O–H groups in total. The number of halogens is 3. The van der Waals surface area contributed by atoms with Crippen molar-refractivity contribution in [1.29, 1.82) is 0 Å². The average molecular weight is 365 g/mol. The first-order valence-corrected chi connectivity index (χ1v) is 7.31. The maximum atomic E-state index is 12.9. The van der Waals surface area contributed by atoms with Gasteiger partial charge in [0.15, 0.2) is 0 Å². The molecule has 0 unspecified atom stereocenters. The van der Waals surface area contributed by atoms with Crippen molar-refractivity contribution >= 4 is 37.8 Å². The van der Waals surface area contributed by atoms with Crippen molar-refractivity contribution in [2.24, 2.45) is 0 Å². The summed E-state index contributed by atoms with van der Waals surface area (Å²) in [7, 11) is 0. The van der Waals surface area contributed by atoms with Crippen LogP contribution in [-0.4, -0.2) is 16.8 Å². The van der Waals surface area contributed by atoms with Crippen LogP contribution >= 0.6 is 31.9 Å². The lowest BCUT2D eigenvalue weighted by molar-refractivity contribution is 0.0855. The minimum Gasteiger partial charge on any atom is -0.346 e. The molecule has 0 aromatic heterocycles. The van der Waals surface area contributed by atoms with E-state index in [2.05, 4.69) is 37.2 Å². The number of hydrogen-bond acceptors (Lipinski definition) is 1. The summed E-state index contributed by atoms with van der Waals surface area (Å²) in [5.41, 5.74) is 0.351. The molecule has 0 aliphatic heterocycles. The number of carbonyl (C=O) groups is 1. The highest BCUT2D eigenvalue weighted by Gasteiger charge is 2.37. The second-order valence-electron chi connectivity index (χ2n) is 4.35. The van der Waals surface area contributed by atoms with Crippen molar-refractivity contribution in [3.05, 3.63) is 34.1 Å². The van der Waals surface area contributed by atoms with Crippen LogP contribution in [0.25, 0.3) is 0 Å². The number of alkyl halides is 1. The third kappa shape index (κ3) is 2.71. The Morgan fingerprint density at radius 2 is 2.18 bits per heavy atom. The Kier molecular flexibility index (Phi) is 3.88. The Morgan fingerprint density at radius 3 is 2.65 bits per heavy atom. The fraction of sp³-hybridized carbons (Fsp3) is 0.417. The SMILES string of the molecule is O=C(NC1(CBr)CCC1)c1ccc(F)cc1Br. The lowest BCUT2D eigenvalue weighted by Gasteiger charge is -2.41. The quantitative estimate of drug-likeness (QED) is 0.815. The zero-order valence-electron chi connectivity index (χ0n) is 9.10. The summed E-state index contributed by atoms with van der Waals surface area (Å²) in [6, 6.07) is 4.09.